The van der Waals surface area contributed by atoms with Gasteiger partial charge in [0, 0.05) is 22.8 Å². The summed E-state index contributed by atoms with van der Waals surface area (Å²) in [5.74, 6) is 0.957. The molecule has 2 unspecified atom stereocenters. The number of ether oxygens (including phenoxy) is 1. The first-order valence-corrected chi connectivity index (χ1v) is 14.6. The fourth-order valence-corrected chi connectivity index (χ4v) is 6.61. The van der Waals surface area contributed by atoms with Crippen LogP contribution in [0.2, 0.25) is 5.02 Å². The van der Waals surface area contributed by atoms with Crippen LogP contribution < -0.4 is 5.32 Å². The quantitative estimate of drug-likeness (QED) is 0.298. The van der Waals surface area contributed by atoms with E-state index in [1.165, 1.54) is 25.5 Å². The summed E-state index contributed by atoms with van der Waals surface area (Å²) in [4.78, 5) is 20.5. The van der Waals surface area contributed by atoms with Crippen LogP contribution in [0.3, 0.4) is 0 Å². The van der Waals surface area contributed by atoms with Gasteiger partial charge in [0.25, 0.3) is 0 Å². The number of unbranched alkanes of at least 4 members (excludes halogenated alkanes) is 1. The molecule has 206 valence electrons. The lowest BCUT2D eigenvalue weighted by Crippen LogP contribution is -2.52. The molecule has 1 fully saturated rings. The topological polar surface area (TPSA) is 53.9 Å². The molecule has 0 amide bonds. The predicted molar refractivity (Wildman–Crippen MR) is 158 cm³/mol. The Morgan fingerprint density at radius 1 is 1.11 bits per heavy atom. The molecule has 1 heterocycles. The zero-order valence-electron chi connectivity index (χ0n) is 23.5. The van der Waals surface area contributed by atoms with Gasteiger partial charge in [0.05, 0.1) is 19.5 Å². The van der Waals surface area contributed by atoms with E-state index in [0.717, 1.165) is 55.8 Å². The zero-order valence-corrected chi connectivity index (χ0v) is 24.2. The third kappa shape index (κ3) is 6.54. The molecule has 38 heavy (non-hydrogen) atoms. The van der Waals surface area contributed by atoms with Crippen molar-refractivity contribution in [3.8, 4) is 0 Å². The Balaban J connectivity index is 1.46. The van der Waals surface area contributed by atoms with Crippen LogP contribution in [0.25, 0.3) is 0 Å². The van der Waals surface area contributed by atoms with Crippen molar-refractivity contribution in [2.24, 2.45) is 16.8 Å². The van der Waals surface area contributed by atoms with Crippen LogP contribution in [0.4, 0.5) is 5.69 Å². The Morgan fingerprint density at radius 2 is 1.79 bits per heavy atom. The Morgan fingerprint density at radius 3 is 2.42 bits per heavy atom. The Labute approximate surface area is 234 Å². The number of carbonyl (C=O) groups excluding carboxylic acids is 1. The van der Waals surface area contributed by atoms with Crippen molar-refractivity contribution in [2.45, 2.75) is 95.8 Å². The summed E-state index contributed by atoms with van der Waals surface area (Å²) in [7, 11) is 1.50. The molecule has 6 heteroatoms. The van der Waals surface area contributed by atoms with Crippen molar-refractivity contribution in [3.63, 3.8) is 0 Å². The Kier molecular flexibility index (Phi) is 9.40. The Hall–Kier alpha value is -2.53. The minimum absolute atomic E-state index is 0.00842. The number of halogens is 1. The second-order valence-corrected chi connectivity index (χ2v) is 12.2. The van der Waals surface area contributed by atoms with Gasteiger partial charge in [-0.15, -0.1) is 0 Å². The van der Waals surface area contributed by atoms with Crippen molar-refractivity contribution in [2.75, 3.05) is 12.4 Å². The molecule has 1 N–H and O–H groups in total. The SMILES string of the molecule is CCCCC1(C(=O)OC)N=CN(Cc2ccccc2)C1CC1CCC(C(C)(C)Nc2ccc(Cl)cc2)CC1. The van der Waals surface area contributed by atoms with Gasteiger partial charge in [-0.25, -0.2) is 4.79 Å². The minimum atomic E-state index is -0.814. The average molecular weight is 538 g/mol. The van der Waals surface area contributed by atoms with Gasteiger partial charge in [-0.2, -0.15) is 0 Å². The summed E-state index contributed by atoms with van der Waals surface area (Å²) in [6, 6.07) is 18.5. The molecule has 2 aromatic carbocycles. The molecule has 0 spiro atoms. The highest BCUT2D eigenvalue weighted by Crippen LogP contribution is 2.43. The van der Waals surface area contributed by atoms with E-state index >= 15 is 0 Å². The molecule has 1 saturated carbocycles. The highest BCUT2D eigenvalue weighted by molar-refractivity contribution is 6.30. The standard InChI is InChI=1S/C32H44ClN3O2/c1-5-6-20-32(30(37)38-4)29(36(23-34-32)22-25-10-8-7-9-11-25)21-24-12-14-26(15-13-24)31(2,3)35-28-18-16-27(33)17-19-28/h7-11,16-19,23-24,26,29,35H,5-6,12-15,20-22H2,1-4H3. The normalized spacial score (nSPS) is 25.4. The smallest absolute Gasteiger partial charge is 0.335 e. The largest absolute Gasteiger partial charge is 0.467 e. The zero-order chi connectivity index (χ0) is 27.2. The van der Waals surface area contributed by atoms with E-state index in [1.807, 2.05) is 24.5 Å². The second-order valence-electron chi connectivity index (χ2n) is 11.7. The van der Waals surface area contributed by atoms with Crippen LogP contribution in [-0.2, 0) is 16.1 Å². The van der Waals surface area contributed by atoms with Crippen LogP contribution in [0.15, 0.2) is 59.6 Å². The number of aliphatic imine (C=N–C) groups is 1. The first-order chi connectivity index (χ1) is 18.3. The van der Waals surface area contributed by atoms with Gasteiger partial charge in [0.2, 0.25) is 0 Å². The number of hydrogen-bond acceptors (Lipinski definition) is 5. The third-order valence-corrected chi connectivity index (χ3v) is 9.03. The molecule has 2 atom stereocenters. The molecule has 0 radical (unpaired) electrons. The fourth-order valence-electron chi connectivity index (χ4n) is 6.48. The summed E-state index contributed by atoms with van der Waals surface area (Å²) >= 11 is 6.08. The number of rotatable bonds is 11. The second kappa shape index (κ2) is 12.5. The summed E-state index contributed by atoms with van der Waals surface area (Å²) < 4.78 is 5.38. The molecule has 2 aromatic rings. The highest BCUT2D eigenvalue weighted by atomic mass is 35.5. The van der Waals surface area contributed by atoms with E-state index in [0.29, 0.717) is 11.8 Å². The van der Waals surface area contributed by atoms with Crippen LogP contribution in [-0.4, -0.2) is 41.4 Å². The molecule has 1 aliphatic heterocycles. The lowest BCUT2D eigenvalue weighted by Gasteiger charge is -2.43. The third-order valence-electron chi connectivity index (χ3n) is 8.78. The number of methoxy groups -OCH3 is 1. The van der Waals surface area contributed by atoms with Gasteiger partial charge in [-0.3, -0.25) is 4.99 Å². The van der Waals surface area contributed by atoms with Gasteiger partial charge >= 0.3 is 5.97 Å². The number of esters is 1. The average Bonchev–Trinajstić information content (AvgIpc) is 3.26. The van der Waals surface area contributed by atoms with Gasteiger partial charge < -0.3 is 15.0 Å². The molecule has 5 nitrogen and oxygen atoms in total. The molecule has 4 rings (SSSR count). The maximum atomic E-state index is 13.3. The van der Waals surface area contributed by atoms with Gasteiger partial charge in [-0.05, 0) is 81.2 Å². The van der Waals surface area contributed by atoms with E-state index in [2.05, 4.69) is 67.4 Å². The van der Waals surface area contributed by atoms with Crippen molar-refractivity contribution in [1.29, 1.82) is 0 Å². The fraction of sp³-hybridized carbons (Fsp3) is 0.562. The molecule has 1 aliphatic carbocycles. The number of benzene rings is 2. The van der Waals surface area contributed by atoms with Crippen LogP contribution in [0.5, 0.6) is 0 Å². The van der Waals surface area contributed by atoms with Crippen molar-refractivity contribution in [3.05, 3.63) is 65.2 Å². The van der Waals surface area contributed by atoms with Crippen LogP contribution in [0, 0.1) is 11.8 Å². The van der Waals surface area contributed by atoms with Gasteiger partial charge in [0.15, 0.2) is 5.54 Å². The number of hydrogen-bond donors (Lipinski definition) is 1. The lowest BCUT2D eigenvalue weighted by molar-refractivity contribution is -0.149. The first kappa shape index (κ1) is 28.5. The summed E-state index contributed by atoms with van der Waals surface area (Å²) in [5.41, 5.74) is 1.52. The molecule has 2 aliphatic rings. The number of anilines is 1. The summed E-state index contributed by atoms with van der Waals surface area (Å²) in [5, 5.41) is 4.51. The molecule has 0 aromatic heterocycles. The van der Waals surface area contributed by atoms with Gasteiger partial charge in [0.1, 0.15) is 0 Å². The predicted octanol–water partition coefficient (Wildman–Crippen LogP) is 7.74. The van der Waals surface area contributed by atoms with Crippen molar-refractivity contribution >= 4 is 29.6 Å². The van der Waals surface area contributed by atoms with Gasteiger partial charge in [-0.1, -0.05) is 74.5 Å². The van der Waals surface area contributed by atoms with E-state index in [1.54, 1.807) is 0 Å². The van der Waals surface area contributed by atoms with Crippen molar-refractivity contribution in [1.82, 2.24) is 4.90 Å². The number of nitrogens with one attached hydrogen (secondary N) is 1. The van der Waals surface area contributed by atoms with E-state index in [-0.39, 0.29) is 17.6 Å². The molecular weight excluding hydrogens is 494 g/mol. The van der Waals surface area contributed by atoms with E-state index in [4.69, 9.17) is 21.3 Å². The number of carbonyl (C=O) groups is 1. The minimum Gasteiger partial charge on any atom is -0.467 e. The Bertz CT molecular complexity index is 1060. The van der Waals surface area contributed by atoms with Crippen molar-refractivity contribution < 1.29 is 9.53 Å². The number of nitrogens with zero attached hydrogens (tertiary/aromatic N) is 2. The van der Waals surface area contributed by atoms with Crippen LogP contribution >= 0.6 is 11.6 Å². The monoisotopic (exact) mass is 537 g/mol. The molecule has 0 saturated heterocycles. The maximum Gasteiger partial charge on any atom is 0.335 e. The highest BCUT2D eigenvalue weighted by Gasteiger charge is 2.52. The molecular formula is C32H44ClN3O2. The van der Waals surface area contributed by atoms with Crippen LogP contribution in [0.1, 0.15) is 77.7 Å². The first-order valence-electron chi connectivity index (χ1n) is 14.2. The van der Waals surface area contributed by atoms with E-state index < -0.39 is 5.54 Å². The maximum absolute atomic E-state index is 13.3. The van der Waals surface area contributed by atoms with E-state index in [9.17, 15) is 4.79 Å². The lowest BCUT2D eigenvalue weighted by atomic mass is 9.70. The summed E-state index contributed by atoms with van der Waals surface area (Å²) in [6.07, 6.45) is 10.3. The summed E-state index contributed by atoms with van der Waals surface area (Å²) in [6.45, 7) is 7.55. The molecule has 0 bridgehead atoms.